The first-order valence-electron chi connectivity index (χ1n) is 7.19. The molecule has 0 aliphatic heterocycles. The molecule has 0 atom stereocenters. The van der Waals surface area contributed by atoms with Gasteiger partial charge in [0.25, 0.3) is 0 Å². The summed E-state index contributed by atoms with van der Waals surface area (Å²) in [6, 6.07) is 12.0. The Morgan fingerprint density at radius 1 is 1.29 bits per heavy atom. The predicted molar refractivity (Wildman–Crippen MR) is 90.3 cm³/mol. The molecule has 0 saturated heterocycles. The van der Waals surface area contributed by atoms with Gasteiger partial charge in [0.1, 0.15) is 0 Å². The Bertz CT molecular complexity index is 770. The first-order valence-corrected chi connectivity index (χ1v) is 7.19. The Kier molecular flexibility index (Phi) is 5.62. The zero-order valence-electron chi connectivity index (χ0n) is 13.4. The van der Waals surface area contributed by atoms with E-state index in [0.717, 1.165) is 11.1 Å². The molecule has 7 heteroatoms. The Morgan fingerprint density at radius 2 is 2.00 bits per heavy atom. The van der Waals surface area contributed by atoms with E-state index >= 15 is 0 Å². The van der Waals surface area contributed by atoms with E-state index in [-0.39, 0.29) is 23.8 Å². The van der Waals surface area contributed by atoms with Gasteiger partial charge in [0.15, 0.2) is 5.75 Å². The molecular formula is C17H17N3O4. The zero-order valence-corrected chi connectivity index (χ0v) is 13.4. The lowest BCUT2D eigenvalue weighted by Crippen LogP contribution is -2.19. The SMILES string of the molecule is COc1ccc(/C=N/NC(=O)Cc2ccc(C)cc2)cc1[N+](=O)[O-]. The third kappa shape index (κ3) is 4.64. The molecule has 0 aliphatic rings. The Morgan fingerprint density at radius 3 is 2.62 bits per heavy atom. The first-order chi connectivity index (χ1) is 11.5. The number of nitrogens with one attached hydrogen (secondary N) is 1. The summed E-state index contributed by atoms with van der Waals surface area (Å²) in [5, 5.41) is 14.8. The van der Waals surface area contributed by atoms with Gasteiger partial charge in [-0.15, -0.1) is 0 Å². The number of nitro groups is 1. The number of hydrogen-bond acceptors (Lipinski definition) is 5. The van der Waals surface area contributed by atoms with Crippen molar-refractivity contribution in [1.29, 1.82) is 0 Å². The van der Waals surface area contributed by atoms with Gasteiger partial charge in [0.2, 0.25) is 5.91 Å². The molecule has 0 aromatic heterocycles. The minimum Gasteiger partial charge on any atom is -0.490 e. The molecule has 0 unspecified atom stereocenters. The van der Waals surface area contributed by atoms with Gasteiger partial charge in [-0.05, 0) is 24.6 Å². The van der Waals surface area contributed by atoms with Crippen molar-refractivity contribution >= 4 is 17.8 Å². The third-order valence-corrected chi connectivity index (χ3v) is 3.29. The van der Waals surface area contributed by atoms with E-state index in [1.54, 1.807) is 6.07 Å². The molecule has 0 heterocycles. The first kappa shape index (κ1) is 17.1. The van der Waals surface area contributed by atoms with Crippen LogP contribution in [0.2, 0.25) is 0 Å². The largest absolute Gasteiger partial charge is 0.490 e. The number of carbonyl (C=O) groups excluding carboxylic acids is 1. The summed E-state index contributed by atoms with van der Waals surface area (Å²) >= 11 is 0. The van der Waals surface area contributed by atoms with Crippen LogP contribution < -0.4 is 10.2 Å². The van der Waals surface area contributed by atoms with Crippen LogP contribution in [-0.4, -0.2) is 24.2 Å². The fourth-order valence-corrected chi connectivity index (χ4v) is 2.04. The molecule has 2 rings (SSSR count). The predicted octanol–water partition coefficient (Wildman–Crippen LogP) is 2.60. The van der Waals surface area contributed by atoms with Crippen molar-refractivity contribution in [2.45, 2.75) is 13.3 Å². The van der Waals surface area contributed by atoms with Crippen LogP contribution in [0.25, 0.3) is 0 Å². The number of benzene rings is 2. The number of hydrazone groups is 1. The van der Waals surface area contributed by atoms with Crippen molar-refractivity contribution in [3.8, 4) is 5.75 Å². The molecule has 0 saturated carbocycles. The van der Waals surface area contributed by atoms with Crippen molar-refractivity contribution in [1.82, 2.24) is 5.43 Å². The van der Waals surface area contributed by atoms with E-state index in [1.165, 1.54) is 25.5 Å². The lowest BCUT2D eigenvalue weighted by Gasteiger charge is -2.03. The number of amides is 1. The maximum Gasteiger partial charge on any atom is 0.311 e. The second-order valence-corrected chi connectivity index (χ2v) is 5.14. The third-order valence-electron chi connectivity index (χ3n) is 3.29. The van der Waals surface area contributed by atoms with Crippen LogP contribution in [0.3, 0.4) is 0 Å². The second-order valence-electron chi connectivity index (χ2n) is 5.14. The normalized spacial score (nSPS) is 10.6. The number of rotatable bonds is 6. The molecular weight excluding hydrogens is 310 g/mol. The second kappa shape index (κ2) is 7.87. The van der Waals surface area contributed by atoms with Crippen molar-refractivity contribution in [2.24, 2.45) is 5.10 Å². The van der Waals surface area contributed by atoms with Gasteiger partial charge < -0.3 is 4.74 Å². The summed E-state index contributed by atoms with van der Waals surface area (Å²) in [7, 11) is 1.36. The number of methoxy groups -OCH3 is 1. The fourth-order valence-electron chi connectivity index (χ4n) is 2.04. The highest BCUT2D eigenvalue weighted by atomic mass is 16.6. The Balaban J connectivity index is 1.98. The molecule has 2 aromatic rings. The van der Waals surface area contributed by atoms with E-state index in [9.17, 15) is 14.9 Å². The van der Waals surface area contributed by atoms with Crippen LogP contribution in [0, 0.1) is 17.0 Å². The lowest BCUT2D eigenvalue weighted by atomic mass is 10.1. The fraction of sp³-hybridized carbons (Fsp3) is 0.176. The number of ether oxygens (including phenoxy) is 1. The molecule has 1 amide bonds. The number of carbonyl (C=O) groups is 1. The van der Waals surface area contributed by atoms with E-state index in [0.29, 0.717) is 5.56 Å². The van der Waals surface area contributed by atoms with Gasteiger partial charge in [-0.1, -0.05) is 29.8 Å². The molecule has 1 N–H and O–H groups in total. The summed E-state index contributed by atoms with van der Waals surface area (Å²) in [5.74, 6) is -0.0985. The summed E-state index contributed by atoms with van der Waals surface area (Å²) in [5.41, 5.74) is 4.73. The molecule has 2 aromatic carbocycles. The highest BCUT2D eigenvalue weighted by Gasteiger charge is 2.14. The molecule has 7 nitrogen and oxygen atoms in total. The molecule has 0 radical (unpaired) electrons. The Hall–Kier alpha value is -3.22. The van der Waals surface area contributed by atoms with E-state index in [1.807, 2.05) is 31.2 Å². The van der Waals surface area contributed by atoms with Crippen molar-refractivity contribution in [3.63, 3.8) is 0 Å². The quantitative estimate of drug-likeness (QED) is 0.501. The van der Waals surface area contributed by atoms with Crippen molar-refractivity contribution in [3.05, 3.63) is 69.3 Å². The average molecular weight is 327 g/mol. The summed E-state index contributed by atoms with van der Waals surface area (Å²) in [4.78, 5) is 22.2. The maximum atomic E-state index is 11.8. The maximum absolute atomic E-state index is 11.8. The summed E-state index contributed by atoms with van der Waals surface area (Å²) < 4.78 is 4.92. The molecule has 24 heavy (non-hydrogen) atoms. The Labute approximate surface area is 139 Å². The monoisotopic (exact) mass is 327 g/mol. The number of nitro benzene ring substituents is 1. The van der Waals surface area contributed by atoms with E-state index in [2.05, 4.69) is 10.5 Å². The minimum atomic E-state index is -0.536. The van der Waals surface area contributed by atoms with Gasteiger partial charge in [-0.25, -0.2) is 5.43 Å². The van der Waals surface area contributed by atoms with Gasteiger partial charge in [-0.3, -0.25) is 14.9 Å². The lowest BCUT2D eigenvalue weighted by molar-refractivity contribution is -0.385. The number of nitrogens with zero attached hydrogens (tertiary/aromatic N) is 2. The summed E-state index contributed by atoms with van der Waals surface area (Å²) in [6.07, 6.45) is 1.56. The molecule has 0 spiro atoms. The van der Waals surface area contributed by atoms with E-state index in [4.69, 9.17) is 4.74 Å². The smallest absolute Gasteiger partial charge is 0.311 e. The van der Waals surface area contributed by atoms with Gasteiger partial charge in [-0.2, -0.15) is 5.10 Å². The molecule has 0 aliphatic carbocycles. The standard InChI is InChI=1S/C17H17N3O4/c1-12-3-5-13(6-4-12)10-17(21)19-18-11-14-7-8-16(24-2)15(9-14)20(22)23/h3-9,11H,10H2,1-2H3,(H,19,21)/b18-11+. The van der Waals surface area contributed by atoms with Crippen LogP contribution in [0.4, 0.5) is 5.69 Å². The van der Waals surface area contributed by atoms with Crippen LogP contribution in [0.15, 0.2) is 47.6 Å². The average Bonchev–Trinajstić information content (AvgIpc) is 2.56. The highest BCUT2D eigenvalue weighted by Crippen LogP contribution is 2.26. The van der Waals surface area contributed by atoms with Crippen LogP contribution in [0.5, 0.6) is 5.75 Å². The summed E-state index contributed by atoms with van der Waals surface area (Å²) in [6.45, 7) is 1.97. The van der Waals surface area contributed by atoms with E-state index < -0.39 is 4.92 Å². The highest BCUT2D eigenvalue weighted by molar-refractivity contribution is 5.84. The minimum absolute atomic E-state index is 0.160. The number of aryl methyl sites for hydroxylation is 1. The van der Waals surface area contributed by atoms with Gasteiger partial charge >= 0.3 is 5.69 Å². The number of hydrogen-bond donors (Lipinski definition) is 1. The van der Waals surface area contributed by atoms with Crippen LogP contribution in [-0.2, 0) is 11.2 Å². The van der Waals surface area contributed by atoms with Gasteiger partial charge in [0, 0.05) is 11.6 Å². The van der Waals surface area contributed by atoms with Crippen LogP contribution >= 0.6 is 0 Å². The zero-order chi connectivity index (χ0) is 17.5. The molecule has 0 fully saturated rings. The van der Waals surface area contributed by atoms with Crippen molar-refractivity contribution < 1.29 is 14.5 Å². The van der Waals surface area contributed by atoms with Crippen LogP contribution in [0.1, 0.15) is 16.7 Å². The van der Waals surface area contributed by atoms with Gasteiger partial charge in [0.05, 0.1) is 24.7 Å². The topological polar surface area (TPSA) is 93.8 Å². The molecule has 0 bridgehead atoms. The van der Waals surface area contributed by atoms with Crippen molar-refractivity contribution in [2.75, 3.05) is 7.11 Å². The molecule has 124 valence electrons.